The monoisotopic (exact) mass is 779 g/mol. The first-order valence-corrected chi connectivity index (χ1v) is 21.4. The molecule has 0 saturated carbocycles. The van der Waals surface area contributed by atoms with E-state index in [1.807, 2.05) is 11.3 Å². The molecule has 0 atom stereocenters. The third kappa shape index (κ3) is 5.68. The predicted octanol–water partition coefficient (Wildman–Crippen LogP) is 17.1. The number of nitrogens with zero attached hydrogens (tertiary/aromatic N) is 1. The van der Waals surface area contributed by atoms with Gasteiger partial charge in [-0.15, -0.1) is 11.3 Å². The number of hydrogen-bond donors (Lipinski definition) is 0. The van der Waals surface area contributed by atoms with Crippen molar-refractivity contribution < 1.29 is 0 Å². The lowest BCUT2D eigenvalue weighted by Gasteiger charge is -2.28. The first kappa shape index (κ1) is 34.5. The summed E-state index contributed by atoms with van der Waals surface area (Å²) in [5, 5.41) is 12.7. The predicted molar refractivity (Wildman–Crippen MR) is 260 cm³/mol. The fourth-order valence-corrected chi connectivity index (χ4v) is 10.6. The summed E-state index contributed by atoms with van der Waals surface area (Å²) >= 11 is 1.89. The van der Waals surface area contributed by atoms with Crippen LogP contribution in [0, 0.1) is 0 Å². The van der Waals surface area contributed by atoms with Crippen LogP contribution in [0.3, 0.4) is 0 Å². The molecule has 1 nitrogen and oxygen atoms in total. The van der Waals surface area contributed by atoms with Crippen molar-refractivity contribution in [2.45, 2.75) is 0 Å². The van der Waals surface area contributed by atoms with Crippen molar-refractivity contribution in [3.05, 3.63) is 224 Å². The molecule has 0 amide bonds. The smallest absolute Gasteiger partial charge is 0.0540 e. The van der Waals surface area contributed by atoms with Crippen LogP contribution in [-0.4, -0.2) is 0 Å². The van der Waals surface area contributed by atoms with Crippen molar-refractivity contribution in [2.24, 2.45) is 0 Å². The van der Waals surface area contributed by atoms with Crippen LogP contribution < -0.4 is 4.90 Å². The van der Waals surface area contributed by atoms with Gasteiger partial charge in [-0.25, -0.2) is 0 Å². The summed E-state index contributed by atoms with van der Waals surface area (Å²) in [6.07, 6.45) is 0. The van der Waals surface area contributed by atoms with E-state index in [1.165, 1.54) is 96.6 Å². The Balaban J connectivity index is 1.05. The molecule has 1 heterocycles. The fourth-order valence-electron chi connectivity index (χ4n) is 9.39. The van der Waals surface area contributed by atoms with E-state index in [0.717, 1.165) is 17.1 Å². The lowest BCUT2D eigenvalue weighted by molar-refractivity contribution is 1.30. The zero-order valence-corrected chi connectivity index (χ0v) is 33.5. The molecule has 0 radical (unpaired) electrons. The van der Waals surface area contributed by atoms with Crippen LogP contribution in [-0.2, 0) is 0 Å². The molecule has 0 aliphatic rings. The van der Waals surface area contributed by atoms with E-state index in [2.05, 4.69) is 229 Å². The number of hydrogen-bond acceptors (Lipinski definition) is 2. The van der Waals surface area contributed by atoms with Gasteiger partial charge in [-0.05, 0) is 120 Å². The van der Waals surface area contributed by atoms with Crippen LogP contribution in [0.5, 0.6) is 0 Å². The van der Waals surface area contributed by atoms with E-state index >= 15 is 0 Å². The molecule has 12 aromatic rings. The average molecular weight is 780 g/mol. The molecular formula is C58H37NS. The number of fused-ring (bicyclic) bond motifs is 9. The van der Waals surface area contributed by atoms with E-state index < -0.39 is 0 Å². The summed E-state index contributed by atoms with van der Waals surface area (Å²) in [5.41, 5.74) is 10.6. The van der Waals surface area contributed by atoms with E-state index in [-0.39, 0.29) is 0 Å². The first-order chi connectivity index (χ1) is 29.7. The van der Waals surface area contributed by atoms with Gasteiger partial charge in [-0.1, -0.05) is 176 Å². The van der Waals surface area contributed by atoms with Gasteiger partial charge in [-0.2, -0.15) is 0 Å². The van der Waals surface area contributed by atoms with Crippen molar-refractivity contribution in [3.8, 4) is 33.4 Å². The molecule has 0 aliphatic carbocycles. The van der Waals surface area contributed by atoms with E-state index in [0.29, 0.717) is 0 Å². The van der Waals surface area contributed by atoms with Crippen LogP contribution in [0.1, 0.15) is 0 Å². The van der Waals surface area contributed by atoms with Crippen molar-refractivity contribution in [1.82, 2.24) is 0 Å². The lowest BCUT2D eigenvalue weighted by Crippen LogP contribution is -2.10. The highest BCUT2D eigenvalue weighted by atomic mass is 32.1. The number of thiophene rings is 1. The van der Waals surface area contributed by atoms with E-state index in [4.69, 9.17) is 0 Å². The molecule has 0 aliphatic heterocycles. The third-order valence-electron chi connectivity index (χ3n) is 12.2. The summed E-state index contributed by atoms with van der Waals surface area (Å²) in [6.45, 7) is 0. The van der Waals surface area contributed by atoms with Crippen molar-refractivity contribution in [2.75, 3.05) is 4.90 Å². The van der Waals surface area contributed by atoms with Crippen LogP contribution >= 0.6 is 11.3 Å². The molecule has 0 unspecified atom stereocenters. The molecule has 280 valence electrons. The van der Waals surface area contributed by atoms with Crippen molar-refractivity contribution in [1.29, 1.82) is 0 Å². The van der Waals surface area contributed by atoms with Gasteiger partial charge in [0.15, 0.2) is 0 Å². The van der Waals surface area contributed by atoms with Gasteiger partial charge < -0.3 is 4.90 Å². The maximum absolute atomic E-state index is 2.46. The minimum atomic E-state index is 1.11. The quantitative estimate of drug-likeness (QED) is 0.152. The number of rotatable bonds is 6. The molecule has 12 rings (SSSR count). The highest BCUT2D eigenvalue weighted by molar-refractivity contribution is 7.26. The molecular weight excluding hydrogens is 743 g/mol. The highest BCUT2D eigenvalue weighted by Crippen LogP contribution is 2.46. The SMILES string of the molecule is c1ccc(-c2ccc(N(c3cccc(-c4cccc(-c5cc6ccccc6c6ccccc56)c4)c3)c3ccc4sc5c6ccccc6ccc5c4c3)c3ccccc23)cc1. The first-order valence-electron chi connectivity index (χ1n) is 20.6. The molecule has 0 bridgehead atoms. The van der Waals surface area contributed by atoms with Gasteiger partial charge in [0, 0.05) is 36.9 Å². The van der Waals surface area contributed by atoms with Gasteiger partial charge in [0.05, 0.1) is 5.69 Å². The van der Waals surface area contributed by atoms with Crippen molar-refractivity contribution in [3.63, 3.8) is 0 Å². The summed E-state index contributed by atoms with van der Waals surface area (Å²) in [6, 6.07) is 82.5. The largest absolute Gasteiger partial charge is 0.310 e. The maximum atomic E-state index is 2.46. The Labute approximate surface area is 352 Å². The number of anilines is 3. The molecule has 11 aromatic carbocycles. The lowest BCUT2D eigenvalue weighted by atomic mass is 9.92. The zero-order chi connectivity index (χ0) is 39.6. The van der Waals surface area contributed by atoms with Crippen molar-refractivity contribution >= 4 is 91.7 Å². The van der Waals surface area contributed by atoms with Gasteiger partial charge in [0.2, 0.25) is 0 Å². The summed E-state index contributed by atoms with van der Waals surface area (Å²) < 4.78 is 2.63. The molecule has 0 N–H and O–H groups in total. The molecule has 60 heavy (non-hydrogen) atoms. The molecule has 0 saturated heterocycles. The number of benzene rings is 11. The van der Waals surface area contributed by atoms with E-state index in [1.54, 1.807) is 0 Å². The summed E-state index contributed by atoms with van der Waals surface area (Å²) in [7, 11) is 0. The Morgan fingerprint density at radius 1 is 0.283 bits per heavy atom. The molecule has 1 aromatic heterocycles. The van der Waals surface area contributed by atoms with Gasteiger partial charge in [-0.3, -0.25) is 0 Å². The van der Waals surface area contributed by atoms with Crippen LogP contribution in [0.15, 0.2) is 224 Å². The van der Waals surface area contributed by atoms with Crippen LogP contribution in [0.4, 0.5) is 17.1 Å². The maximum Gasteiger partial charge on any atom is 0.0540 e. The minimum Gasteiger partial charge on any atom is -0.310 e. The minimum absolute atomic E-state index is 1.11. The zero-order valence-electron chi connectivity index (χ0n) is 32.7. The average Bonchev–Trinajstić information content (AvgIpc) is 3.70. The van der Waals surface area contributed by atoms with Gasteiger partial charge >= 0.3 is 0 Å². The molecule has 0 fully saturated rings. The fraction of sp³-hybridized carbons (Fsp3) is 0. The van der Waals surface area contributed by atoms with Crippen LogP contribution in [0.2, 0.25) is 0 Å². The van der Waals surface area contributed by atoms with Crippen LogP contribution in [0.25, 0.3) is 96.6 Å². The highest BCUT2D eigenvalue weighted by Gasteiger charge is 2.20. The Hall–Kier alpha value is -7.52. The van der Waals surface area contributed by atoms with Gasteiger partial charge in [0.1, 0.15) is 0 Å². The Morgan fingerprint density at radius 2 is 0.900 bits per heavy atom. The Kier molecular flexibility index (Phi) is 8.11. The Bertz CT molecular complexity index is 3620. The summed E-state index contributed by atoms with van der Waals surface area (Å²) in [4.78, 5) is 2.46. The topological polar surface area (TPSA) is 3.24 Å². The second-order valence-corrected chi connectivity index (χ2v) is 16.7. The van der Waals surface area contributed by atoms with Gasteiger partial charge in [0.25, 0.3) is 0 Å². The second kappa shape index (κ2) is 14.1. The Morgan fingerprint density at radius 3 is 1.73 bits per heavy atom. The van der Waals surface area contributed by atoms with E-state index in [9.17, 15) is 0 Å². The molecule has 2 heteroatoms. The second-order valence-electron chi connectivity index (χ2n) is 15.6. The molecule has 0 spiro atoms. The summed E-state index contributed by atoms with van der Waals surface area (Å²) in [5.74, 6) is 0. The third-order valence-corrected chi connectivity index (χ3v) is 13.4. The normalized spacial score (nSPS) is 11.7. The standard InChI is InChI=1S/C58H37NS/c1-2-14-38(15-3-1)47-31-32-56(52-27-11-10-25-50(47)52)59(45-29-33-57-55(37-45)53-30-28-39-16-4-7-23-48(39)58(53)60-57)44-21-13-19-41(35-44)40-18-12-20-42(34-40)54-36-43-17-5-6-22-46(43)49-24-8-9-26-51(49)54/h1-37H.